The molecule has 2 aromatic rings. The molecule has 0 bridgehead atoms. The molecule has 0 aliphatic carbocycles. The maximum absolute atomic E-state index is 12.0. The van der Waals surface area contributed by atoms with Gasteiger partial charge in [-0.15, -0.1) is 0 Å². The van der Waals surface area contributed by atoms with Crippen molar-refractivity contribution < 1.29 is 14.7 Å². The van der Waals surface area contributed by atoms with E-state index in [9.17, 15) is 9.59 Å². The zero-order chi connectivity index (χ0) is 14.5. The third-order valence-electron chi connectivity index (χ3n) is 3.07. The molecule has 2 amide bonds. The average molecular weight is 272 g/mol. The van der Waals surface area contributed by atoms with Crippen molar-refractivity contribution >= 4 is 28.5 Å². The number of nitrogens with one attached hydrogen (secondary N) is 1. The molecule has 5 heteroatoms. The minimum absolute atomic E-state index is 0.101. The van der Waals surface area contributed by atoms with E-state index in [1.54, 1.807) is 0 Å². The highest BCUT2D eigenvalue weighted by Gasteiger charge is 2.17. The van der Waals surface area contributed by atoms with Crippen LogP contribution < -0.4 is 10.2 Å². The van der Waals surface area contributed by atoms with Gasteiger partial charge in [0.25, 0.3) is 0 Å². The van der Waals surface area contributed by atoms with Crippen molar-refractivity contribution in [3.8, 4) is 0 Å². The van der Waals surface area contributed by atoms with Crippen LogP contribution in [0.15, 0.2) is 42.5 Å². The summed E-state index contributed by atoms with van der Waals surface area (Å²) >= 11 is 0. The summed E-state index contributed by atoms with van der Waals surface area (Å²) in [6, 6.07) is 13.0. The molecule has 2 rings (SSSR count). The predicted molar refractivity (Wildman–Crippen MR) is 78.0 cm³/mol. The van der Waals surface area contributed by atoms with Crippen LogP contribution >= 0.6 is 0 Å². The van der Waals surface area contributed by atoms with Crippen molar-refractivity contribution in [1.29, 1.82) is 0 Å². The Balaban J connectivity index is 2.45. The van der Waals surface area contributed by atoms with Crippen molar-refractivity contribution in [1.82, 2.24) is 5.32 Å². The zero-order valence-electron chi connectivity index (χ0n) is 11.2. The first kappa shape index (κ1) is 13.9. The van der Waals surface area contributed by atoms with E-state index in [4.69, 9.17) is 5.11 Å². The largest absolute Gasteiger partial charge is 0.481 e. The van der Waals surface area contributed by atoms with Crippen LogP contribution in [-0.4, -0.2) is 30.7 Å². The minimum Gasteiger partial charge on any atom is -0.481 e. The van der Waals surface area contributed by atoms with E-state index < -0.39 is 5.97 Å². The third-order valence-corrected chi connectivity index (χ3v) is 3.07. The van der Waals surface area contributed by atoms with E-state index >= 15 is 0 Å². The maximum atomic E-state index is 12.0. The number of carbonyl (C=O) groups excluding carboxylic acids is 1. The molecule has 104 valence electrons. The summed E-state index contributed by atoms with van der Waals surface area (Å²) < 4.78 is 0. The van der Waals surface area contributed by atoms with Gasteiger partial charge in [0.2, 0.25) is 0 Å². The molecule has 0 saturated heterocycles. The zero-order valence-corrected chi connectivity index (χ0v) is 11.2. The highest BCUT2D eigenvalue weighted by atomic mass is 16.4. The van der Waals surface area contributed by atoms with Crippen molar-refractivity contribution in [3.05, 3.63) is 42.5 Å². The summed E-state index contributed by atoms with van der Waals surface area (Å²) in [4.78, 5) is 24.2. The van der Waals surface area contributed by atoms with Crippen LogP contribution in [-0.2, 0) is 4.79 Å². The van der Waals surface area contributed by atoms with Crippen LogP contribution in [0.5, 0.6) is 0 Å². The lowest BCUT2D eigenvalue weighted by atomic mass is 10.1. The molecular formula is C15H16N2O3. The van der Waals surface area contributed by atoms with Gasteiger partial charge >= 0.3 is 12.0 Å². The van der Waals surface area contributed by atoms with Crippen molar-refractivity contribution in [2.75, 3.05) is 18.5 Å². The Kier molecular flexibility index (Phi) is 4.20. The van der Waals surface area contributed by atoms with Gasteiger partial charge in [-0.05, 0) is 11.5 Å². The molecular weight excluding hydrogens is 256 g/mol. The number of hydrogen-bond acceptors (Lipinski definition) is 2. The Morgan fingerprint density at radius 3 is 2.55 bits per heavy atom. The molecule has 0 heterocycles. The minimum atomic E-state index is -0.931. The van der Waals surface area contributed by atoms with Crippen molar-refractivity contribution in [2.24, 2.45) is 0 Å². The van der Waals surface area contributed by atoms with Gasteiger partial charge in [-0.3, -0.25) is 9.69 Å². The number of carbonyl (C=O) groups is 2. The van der Waals surface area contributed by atoms with Crippen LogP contribution in [0.1, 0.15) is 6.42 Å². The Labute approximate surface area is 116 Å². The normalized spacial score (nSPS) is 10.2. The molecule has 0 saturated carbocycles. The molecule has 2 N–H and O–H groups in total. The Morgan fingerprint density at radius 2 is 1.85 bits per heavy atom. The van der Waals surface area contributed by atoms with Crippen LogP contribution in [0, 0.1) is 0 Å². The van der Waals surface area contributed by atoms with Gasteiger partial charge in [0.15, 0.2) is 0 Å². The molecule has 0 unspecified atom stereocenters. The average Bonchev–Trinajstić information content (AvgIpc) is 2.47. The Morgan fingerprint density at radius 1 is 1.15 bits per heavy atom. The number of carboxylic acids is 1. The lowest BCUT2D eigenvalue weighted by Gasteiger charge is -2.23. The van der Waals surface area contributed by atoms with Crippen molar-refractivity contribution in [3.63, 3.8) is 0 Å². The molecule has 0 aromatic heterocycles. The molecule has 5 nitrogen and oxygen atoms in total. The second kappa shape index (κ2) is 6.06. The Hall–Kier alpha value is -2.56. The lowest BCUT2D eigenvalue weighted by Crippen LogP contribution is -2.39. The van der Waals surface area contributed by atoms with E-state index in [0.717, 1.165) is 10.8 Å². The number of urea groups is 1. The standard InChI is InChI=1S/C15H16N2O3/c1-16-15(20)17(10-9-14(18)19)13-8-4-6-11-5-2-3-7-12(11)13/h2-8H,9-10H2,1H3,(H,16,20)(H,18,19). The number of nitrogens with zero attached hydrogens (tertiary/aromatic N) is 1. The van der Waals surface area contributed by atoms with Crippen LogP contribution in [0.2, 0.25) is 0 Å². The van der Waals surface area contributed by atoms with Gasteiger partial charge < -0.3 is 10.4 Å². The maximum Gasteiger partial charge on any atom is 0.321 e. The summed E-state index contributed by atoms with van der Waals surface area (Å²) in [6.45, 7) is 0.128. The summed E-state index contributed by atoms with van der Waals surface area (Å²) in [7, 11) is 1.53. The van der Waals surface area contributed by atoms with Gasteiger partial charge in [-0.1, -0.05) is 36.4 Å². The summed E-state index contributed by atoms with van der Waals surface area (Å²) in [5.41, 5.74) is 0.712. The van der Waals surface area contributed by atoms with E-state index in [0.29, 0.717) is 5.69 Å². The second-order valence-electron chi connectivity index (χ2n) is 4.35. The molecule has 0 atom stereocenters. The van der Waals surface area contributed by atoms with Crippen LogP contribution in [0.25, 0.3) is 10.8 Å². The van der Waals surface area contributed by atoms with Gasteiger partial charge in [-0.25, -0.2) is 4.79 Å². The summed E-state index contributed by atoms with van der Waals surface area (Å²) in [5.74, 6) is -0.931. The van der Waals surface area contributed by atoms with Gasteiger partial charge in [0, 0.05) is 19.0 Å². The second-order valence-corrected chi connectivity index (χ2v) is 4.35. The molecule has 0 aliphatic rings. The SMILES string of the molecule is CNC(=O)N(CCC(=O)O)c1cccc2ccccc12. The first-order valence-electron chi connectivity index (χ1n) is 6.32. The number of benzene rings is 2. The fraction of sp³-hybridized carbons (Fsp3) is 0.200. The number of fused-ring (bicyclic) bond motifs is 1. The number of aliphatic carboxylic acids is 1. The highest BCUT2D eigenvalue weighted by molar-refractivity contribution is 6.03. The van der Waals surface area contributed by atoms with E-state index in [1.807, 2.05) is 42.5 Å². The third kappa shape index (κ3) is 2.88. The summed E-state index contributed by atoms with van der Waals surface area (Å²) in [6.07, 6.45) is -0.101. The summed E-state index contributed by atoms with van der Waals surface area (Å²) in [5, 5.41) is 13.3. The lowest BCUT2D eigenvalue weighted by molar-refractivity contribution is -0.136. The Bertz CT molecular complexity index is 635. The molecule has 0 aliphatic heterocycles. The van der Waals surface area contributed by atoms with Gasteiger partial charge in [0.1, 0.15) is 0 Å². The first-order valence-corrected chi connectivity index (χ1v) is 6.32. The monoisotopic (exact) mass is 272 g/mol. The van der Waals surface area contributed by atoms with E-state index in [2.05, 4.69) is 5.32 Å². The fourth-order valence-electron chi connectivity index (χ4n) is 2.12. The topological polar surface area (TPSA) is 69.6 Å². The number of hydrogen-bond donors (Lipinski definition) is 2. The number of amides is 2. The van der Waals surface area contributed by atoms with Crippen molar-refractivity contribution in [2.45, 2.75) is 6.42 Å². The van der Waals surface area contributed by atoms with E-state index in [-0.39, 0.29) is 19.0 Å². The molecule has 0 radical (unpaired) electrons. The molecule has 20 heavy (non-hydrogen) atoms. The van der Waals surface area contributed by atoms with Crippen LogP contribution in [0.3, 0.4) is 0 Å². The van der Waals surface area contributed by atoms with E-state index in [1.165, 1.54) is 11.9 Å². The fourth-order valence-corrected chi connectivity index (χ4v) is 2.12. The highest BCUT2D eigenvalue weighted by Crippen LogP contribution is 2.26. The number of rotatable bonds is 4. The van der Waals surface area contributed by atoms with Crippen LogP contribution in [0.4, 0.5) is 10.5 Å². The quantitative estimate of drug-likeness (QED) is 0.898. The molecule has 0 fully saturated rings. The van der Waals surface area contributed by atoms with Gasteiger partial charge in [0.05, 0.1) is 12.1 Å². The smallest absolute Gasteiger partial charge is 0.321 e. The number of carboxylic acid groups (broad SMARTS) is 1. The molecule has 0 spiro atoms. The first-order chi connectivity index (χ1) is 9.63. The van der Waals surface area contributed by atoms with Gasteiger partial charge in [-0.2, -0.15) is 0 Å². The predicted octanol–water partition coefficient (Wildman–Crippen LogP) is 2.46. The number of anilines is 1. The molecule has 2 aromatic carbocycles.